The van der Waals surface area contributed by atoms with Crippen LogP contribution in [0.2, 0.25) is 5.02 Å². The zero-order valence-electron chi connectivity index (χ0n) is 29.7. The molecule has 3 aromatic heterocycles. The number of nitrogens with zero attached hydrogens (tertiary/aromatic N) is 5. The lowest BCUT2D eigenvalue weighted by Crippen LogP contribution is -2.24. The van der Waals surface area contributed by atoms with Crippen molar-refractivity contribution in [3.05, 3.63) is 98.7 Å². The Balaban J connectivity index is 1.38. The van der Waals surface area contributed by atoms with Gasteiger partial charge in [-0.25, -0.2) is 31.0 Å². The van der Waals surface area contributed by atoms with E-state index in [1.54, 1.807) is 19.2 Å². The molecule has 0 radical (unpaired) electrons. The third-order valence-electron chi connectivity index (χ3n) is 9.96. The molecule has 10 nitrogen and oxygen atoms in total. The molecule has 0 aliphatic heterocycles. The molecule has 0 bridgehead atoms. The van der Waals surface area contributed by atoms with Crippen molar-refractivity contribution in [2.24, 2.45) is 18.7 Å². The number of aromatic nitrogens is 5. The van der Waals surface area contributed by atoms with Crippen LogP contribution in [-0.2, 0) is 46.3 Å². The van der Waals surface area contributed by atoms with E-state index in [1.165, 1.54) is 16.8 Å². The van der Waals surface area contributed by atoms with E-state index < -0.39 is 100 Å². The Labute approximate surface area is 321 Å². The SMILES string of the molecule is Cn1nc(CS(C)(=O)=O)c2c(Cl)ccc(-c3ccc(C#C[C@@H](N)CO)nc3[C@@H](CC(=O)Cn3nc(C(F)F)c4c3C(F)(F)[C@@H]3C[C@H]43)Cc3cc(F)cc(F)c3)c21. The maximum Gasteiger partial charge on any atom is 0.293 e. The van der Waals surface area contributed by atoms with E-state index in [4.69, 9.17) is 22.3 Å². The molecule has 2 aromatic carbocycles. The first-order valence-electron chi connectivity index (χ1n) is 17.3. The van der Waals surface area contributed by atoms with Crippen LogP contribution >= 0.6 is 11.6 Å². The highest BCUT2D eigenvalue weighted by Crippen LogP contribution is 2.68. The van der Waals surface area contributed by atoms with Crippen LogP contribution in [0.15, 0.2) is 42.5 Å². The summed E-state index contributed by atoms with van der Waals surface area (Å²) in [4.78, 5) is 18.8. The summed E-state index contributed by atoms with van der Waals surface area (Å²) in [6.45, 7) is -1.27. The fourth-order valence-electron chi connectivity index (χ4n) is 7.68. The minimum atomic E-state index is -3.57. The number of aliphatic hydroxyl groups is 1. The lowest BCUT2D eigenvalue weighted by molar-refractivity contribution is -0.120. The van der Waals surface area contributed by atoms with Crippen molar-refractivity contribution < 1.29 is 44.7 Å². The number of carbonyl (C=O) groups is 1. The van der Waals surface area contributed by atoms with Crippen LogP contribution in [0.25, 0.3) is 22.0 Å². The highest BCUT2D eigenvalue weighted by Gasteiger charge is 2.67. The number of aliphatic hydroxyl groups excluding tert-OH is 1. The fourth-order valence-corrected chi connectivity index (χ4v) is 8.64. The number of sulfone groups is 1. The van der Waals surface area contributed by atoms with Crippen LogP contribution in [0.5, 0.6) is 0 Å². The number of ketones is 1. The molecule has 1 fully saturated rings. The van der Waals surface area contributed by atoms with E-state index in [-0.39, 0.29) is 46.1 Å². The maximum absolute atomic E-state index is 15.4. The van der Waals surface area contributed by atoms with Crippen molar-refractivity contribution in [3.63, 3.8) is 0 Å². The Bertz CT molecular complexity index is 2560. The van der Waals surface area contributed by atoms with Gasteiger partial charge in [0, 0.05) is 59.7 Å². The predicted molar refractivity (Wildman–Crippen MR) is 194 cm³/mol. The highest BCUT2D eigenvalue weighted by molar-refractivity contribution is 7.89. The Kier molecular flexibility index (Phi) is 10.3. The van der Waals surface area contributed by atoms with Crippen LogP contribution < -0.4 is 5.73 Å². The second-order valence-corrected chi connectivity index (χ2v) is 16.8. The van der Waals surface area contributed by atoms with Crippen molar-refractivity contribution in [1.82, 2.24) is 24.5 Å². The number of benzene rings is 2. The molecule has 1 saturated carbocycles. The predicted octanol–water partition coefficient (Wildman–Crippen LogP) is 6.11. The number of hydrogen-bond acceptors (Lipinski definition) is 8. The minimum Gasteiger partial charge on any atom is -0.394 e. The number of carbonyl (C=O) groups excluding carboxylic acids is 1. The first kappa shape index (κ1) is 39.5. The van der Waals surface area contributed by atoms with Gasteiger partial charge in [0.1, 0.15) is 35.3 Å². The summed E-state index contributed by atoms with van der Waals surface area (Å²) in [6, 6.07) is 8.12. The lowest BCUT2D eigenvalue weighted by atomic mass is 9.86. The fraction of sp³-hybridized carbons (Fsp3) is 0.368. The van der Waals surface area contributed by atoms with Crippen LogP contribution in [0.4, 0.5) is 26.3 Å². The van der Waals surface area contributed by atoms with E-state index in [0.29, 0.717) is 32.8 Å². The number of alkyl halides is 4. The zero-order valence-corrected chi connectivity index (χ0v) is 31.3. The van der Waals surface area contributed by atoms with Crippen molar-refractivity contribution in [3.8, 4) is 23.0 Å². The smallest absolute Gasteiger partial charge is 0.293 e. The second-order valence-electron chi connectivity index (χ2n) is 14.2. The normalized spacial score (nSPS) is 18.1. The minimum absolute atomic E-state index is 0.0346. The summed E-state index contributed by atoms with van der Waals surface area (Å²) >= 11 is 6.61. The third-order valence-corrected chi connectivity index (χ3v) is 11.1. The lowest BCUT2D eigenvalue weighted by Gasteiger charge is -2.21. The summed E-state index contributed by atoms with van der Waals surface area (Å²) in [5.74, 6) is -4.03. The van der Waals surface area contributed by atoms with Gasteiger partial charge in [0.15, 0.2) is 15.6 Å². The summed E-state index contributed by atoms with van der Waals surface area (Å²) in [6.07, 6.45) is -2.80. The molecule has 0 spiro atoms. The van der Waals surface area contributed by atoms with E-state index in [9.17, 15) is 35.9 Å². The Hall–Kier alpha value is -4.76. The van der Waals surface area contributed by atoms with Gasteiger partial charge in [0.25, 0.3) is 12.3 Å². The zero-order chi connectivity index (χ0) is 40.4. The summed E-state index contributed by atoms with van der Waals surface area (Å²) < 4.78 is 115. The average molecular weight is 819 g/mol. The van der Waals surface area contributed by atoms with Crippen LogP contribution in [-0.4, -0.2) is 62.8 Å². The van der Waals surface area contributed by atoms with Gasteiger partial charge in [-0.3, -0.25) is 14.2 Å². The second kappa shape index (κ2) is 14.6. The third kappa shape index (κ3) is 7.54. The molecule has 3 N–H and O–H groups in total. The molecule has 4 atom stereocenters. The van der Waals surface area contributed by atoms with Gasteiger partial charge in [-0.2, -0.15) is 19.0 Å². The van der Waals surface area contributed by atoms with E-state index in [1.807, 2.05) is 0 Å². The van der Waals surface area contributed by atoms with E-state index in [2.05, 4.69) is 22.0 Å². The molecule has 294 valence electrons. The molecule has 7 rings (SSSR count). The molecule has 0 unspecified atom stereocenters. The summed E-state index contributed by atoms with van der Waals surface area (Å²) in [5.41, 5.74) is 5.74. The molecular weight excluding hydrogens is 786 g/mol. The van der Waals surface area contributed by atoms with E-state index >= 15 is 8.78 Å². The van der Waals surface area contributed by atoms with Gasteiger partial charge in [-0.15, -0.1) is 0 Å². The molecule has 3 heterocycles. The van der Waals surface area contributed by atoms with Crippen LogP contribution in [0.3, 0.4) is 0 Å². The van der Waals surface area contributed by atoms with Crippen molar-refractivity contribution >= 4 is 38.1 Å². The quantitative estimate of drug-likeness (QED) is 0.113. The number of rotatable bonds is 12. The van der Waals surface area contributed by atoms with Crippen molar-refractivity contribution in [2.45, 2.75) is 61.8 Å². The van der Waals surface area contributed by atoms with Gasteiger partial charge in [0.05, 0.1) is 40.3 Å². The largest absolute Gasteiger partial charge is 0.394 e. The Morgan fingerprint density at radius 3 is 2.45 bits per heavy atom. The van der Waals surface area contributed by atoms with Crippen LogP contribution in [0.1, 0.15) is 70.7 Å². The molecule has 0 saturated heterocycles. The number of Topliss-reactive ketones (excluding diaryl/α,β-unsaturated/α-hetero) is 1. The van der Waals surface area contributed by atoms with Crippen molar-refractivity contribution in [1.29, 1.82) is 0 Å². The molecule has 2 aliphatic carbocycles. The highest BCUT2D eigenvalue weighted by atomic mass is 35.5. The van der Waals surface area contributed by atoms with Gasteiger partial charge in [-0.1, -0.05) is 23.6 Å². The van der Waals surface area contributed by atoms with Gasteiger partial charge in [-0.05, 0) is 60.6 Å². The van der Waals surface area contributed by atoms with Crippen LogP contribution in [0, 0.1) is 29.4 Å². The van der Waals surface area contributed by atoms with Gasteiger partial charge >= 0.3 is 0 Å². The molecule has 2 aliphatic rings. The van der Waals surface area contributed by atoms with E-state index in [0.717, 1.165) is 18.4 Å². The summed E-state index contributed by atoms with van der Waals surface area (Å²) in [7, 11) is -2.00. The first-order valence-corrected chi connectivity index (χ1v) is 19.7. The number of hydrogen-bond donors (Lipinski definition) is 2. The molecule has 18 heteroatoms. The molecular formula is C38H33ClF6N6O4S. The monoisotopic (exact) mass is 818 g/mol. The topological polar surface area (TPSA) is 146 Å². The number of nitrogens with two attached hydrogens (primary N) is 1. The van der Waals surface area contributed by atoms with Gasteiger partial charge in [0.2, 0.25) is 0 Å². The van der Waals surface area contributed by atoms with Crippen molar-refractivity contribution in [2.75, 3.05) is 12.9 Å². The number of fused-ring (bicyclic) bond motifs is 4. The molecule has 5 aromatic rings. The molecule has 0 amide bonds. The number of aryl methyl sites for hydroxylation is 1. The Morgan fingerprint density at radius 1 is 1.09 bits per heavy atom. The standard InChI is InChI=1S/C38H33ClF6N6O4S/c1-50-35-26(7-8-29(39)32(35)30(48-50)17-56(2,54)55)25-6-5-23(4-3-22(46)16-52)47-33(25)19(9-18-10-20(40)13-21(41)11-18)12-24(53)15-51-36-31(34(49-51)37(42)43)27-14-28(27)38(36,44)45/h5-8,10-11,13,19,22,27-28,37,52H,9,12,14-17,46H2,1-2H3/t19-,22-,27+,28-/m1/s1. The average Bonchev–Trinajstić information content (AvgIpc) is 3.65. The Morgan fingerprint density at radius 2 is 1.79 bits per heavy atom. The first-order chi connectivity index (χ1) is 26.4. The summed E-state index contributed by atoms with van der Waals surface area (Å²) in [5, 5.41) is 18.2. The van der Waals surface area contributed by atoms with Gasteiger partial charge < -0.3 is 10.8 Å². The number of pyridine rings is 1. The molecule has 56 heavy (non-hydrogen) atoms. The maximum atomic E-state index is 15.4. The number of halogens is 7.